The molecule has 1 saturated heterocycles. The van der Waals surface area contributed by atoms with Crippen molar-refractivity contribution in [3.05, 3.63) is 101 Å². The standard InChI is InChI=1S/C31H36ClN3O4S/c1-2-20-33-31(37)30(26-8-4-3-5-9-26)35(23-25-10-15-27(32)16-11-25)29(36)19-14-24-12-17-28(18-13-24)40(38,39)34-21-6-7-22-34/h3-5,8-13,15-18,30H,2,6-7,14,19-23H2,1H3,(H,33,37). The molecule has 40 heavy (non-hydrogen) atoms. The number of aryl methyl sites for hydroxylation is 1. The van der Waals surface area contributed by atoms with Gasteiger partial charge in [0.25, 0.3) is 0 Å². The number of nitrogens with one attached hydrogen (secondary N) is 1. The highest BCUT2D eigenvalue weighted by Crippen LogP contribution is 2.26. The molecule has 0 aliphatic carbocycles. The van der Waals surface area contributed by atoms with Crippen LogP contribution in [-0.4, -0.2) is 49.1 Å². The molecule has 0 saturated carbocycles. The maximum absolute atomic E-state index is 13.8. The number of sulfonamides is 1. The van der Waals surface area contributed by atoms with E-state index >= 15 is 0 Å². The van der Waals surface area contributed by atoms with Crippen LogP contribution in [0.4, 0.5) is 0 Å². The van der Waals surface area contributed by atoms with E-state index in [2.05, 4.69) is 5.32 Å². The fourth-order valence-electron chi connectivity index (χ4n) is 4.86. The van der Waals surface area contributed by atoms with Crippen LogP contribution >= 0.6 is 11.6 Å². The molecule has 0 aromatic heterocycles. The Morgan fingerprint density at radius 1 is 0.925 bits per heavy atom. The quantitative estimate of drug-likeness (QED) is 0.312. The van der Waals surface area contributed by atoms with Crippen molar-refractivity contribution in [2.24, 2.45) is 0 Å². The van der Waals surface area contributed by atoms with Crippen LogP contribution in [0.25, 0.3) is 0 Å². The van der Waals surface area contributed by atoms with Crippen molar-refractivity contribution in [2.45, 2.75) is 56.5 Å². The zero-order valence-corrected chi connectivity index (χ0v) is 24.3. The highest BCUT2D eigenvalue weighted by molar-refractivity contribution is 7.89. The SMILES string of the molecule is CCCNC(=O)C(c1ccccc1)N(Cc1ccc(Cl)cc1)C(=O)CCc1ccc(S(=O)(=O)N2CCCC2)cc1. The van der Waals surface area contributed by atoms with Crippen molar-refractivity contribution < 1.29 is 18.0 Å². The molecular weight excluding hydrogens is 546 g/mol. The van der Waals surface area contributed by atoms with Crippen molar-refractivity contribution in [1.29, 1.82) is 0 Å². The molecular formula is C31H36ClN3O4S. The van der Waals surface area contributed by atoms with Crippen LogP contribution in [-0.2, 0) is 32.6 Å². The van der Waals surface area contributed by atoms with Gasteiger partial charge in [-0.3, -0.25) is 9.59 Å². The number of amides is 2. The van der Waals surface area contributed by atoms with Gasteiger partial charge in [-0.2, -0.15) is 4.31 Å². The van der Waals surface area contributed by atoms with Crippen molar-refractivity contribution in [3.63, 3.8) is 0 Å². The minimum Gasteiger partial charge on any atom is -0.354 e. The van der Waals surface area contributed by atoms with Gasteiger partial charge in [0.15, 0.2) is 0 Å². The monoisotopic (exact) mass is 581 g/mol. The lowest BCUT2D eigenvalue weighted by molar-refractivity contribution is -0.141. The Morgan fingerprint density at radius 3 is 2.17 bits per heavy atom. The molecule has 212 valence electrons. The van der Waals surface area contributed by atoms with Crippen molar-refractivity contribution in [3.8, 4) is 0 Å². The molecule has 3 aromatic rings. The van der Waals surface area contributed by atoms with Gasteiger partial charge in [0.05, 0.1) is 4.90 Å². The number of halogens is 1. The van der Waals surface area contributed by atoms with E-state index in [9.17, 15) is 18.0 Å². The highest BCUT2D eigenvalue weighted by atomic mass is 35.5. The highest BCUT2D eigenvalue weighted by Gasteiger charge is 2.31. The van der Waals surface area contributed by atoms with E-state index in [1.165, 1.54) is 4.31 Å². The first-order valence-electron chi connectivity index (χ1n) is 13.7. The first-order valence-corrected chi connectivity index (χ1v) is 15.6. The topological polar surface area (TPSA) is 86.8 Å². The number of hydrogen-bond acceptors (Lipinski definition) is 4. The zero-order valence-electron chi connectivity index (χ0n) is 22.8. The Kier molecular flexibility index (Phi) is 10.4. The Morgan fingerprint density at radius 2 is 1.55 bits per heavy atom. The first kappa shape index (κ1) is 29.8. The Balaban J connectivity index is 1.55. The van der Waals surface area contributed by atoms with E-state index in [0.717, 1.165) is 36.0 Å². The number of hydrogen-bond donors (Lipinski definition) is 1. The lowest BCUT2D eigenvalue weighted by Gasteiger charge is -2.32. The zero-order chi connectivity index (χ0) is 28.5. The average molecular weight is 582 g/mol. The Bertz CT molecular complexity index is 1370. The fraction of sp³-hybridized carbons (Fsp3) is 0.355. The van der Waals surface area contributed by atoms with Gasteiger partial charge in [0, 0.05) is 37.6 Å². The summed E-state index contributed by atoms with van der Waals surface area (Å²) in [5, 5.41) is 3.56. The number of benzene rings is 3. The molecule has 9 heteroatoms. The van der Waals surface area contributed by atoms with Crippen LogP contribution < -0.4 is 5.32 Å². The van der Waals surface area contributed by atoms with Gasteiger partial charge in [0.2, 0.25) is 21.8 Å². The van der Waals surface area contributed by atoms with E-state index in [1.807, 2.05) is 49.4 Å². The summed E-state index contributed by atoms with van der Waals surface area (Å²) in [6, 6.07) is 22.5. The molecule has 1 aliphatic rings. The minimum atomic E-state index is -3.49. The van der Waals surface area contributed by atoms with Gasteiger partial charge in [-0.25, -0.2) is 8.42 Å². The lowest BCUT2D eigenvalue weighted by atomic mass is 10.0. The molecule has 0 radical (unpaired) electrons. The molecule has 1 heterocycles. The van der Waals surface area contributed by atoms with Gasteiger partial charge in [-0.1, -0.05) is 73.1 Å². The van der Waals surface area contributed by atoms with Crippen molar-refractivity contribution in [2.75, 3.05) is 19.6 Å². The summed E-state index contributed by atoms with van der Waals surface area (Å²) in [6.45, 7) is 3.84. The second-order valence-electron chi connectivity index (χ2n) is 10.0. The van der Waals surface area contributed by atoms with Crippen molar-refractivity contribution in [1.82, 2.24) is 14.5 Å². The van der Waals surface area contributed by atoms with Gasteiger partial charge >= 0.3 is 0 Å². The average Bonchev–Trinajstić information content (AvgIpc) is 3.53. The summed E-state index contributed by atoms with van der Waals surface area (Å²) >= 11 is 6.09. The third-order valence-corrected chi connectivity index (χ3v) is 9.23. The van der Waals surface area contributed by atoms with Crippen LogP contribution in [0.2, 0.25) is 5.02 Å². The second-order valence-corrected chi connectivity index (χ2v) is 12.4. The Labute approximate surface area is 242 Å². The van der Waals surface area contributed by atoms with Gasteiger partial charge in [-0.05, 0) is 66.6 Å². The molecule has 0 bridgehead atoms. The number of carbonyl (C=O) groups is 2. The summed E-state index contributed by atoms with van der Waals surface area (Å²) in [5.41, 5.74) is 2.44. The van der Waals surface area contributed by atoms with Crippen LogP contribution in [0.15, 0.2) is 83.8 Å². The van der Waals surface area contributed by atoms with Gasteiger partial charge in [0.1, 0.15) is 6.04 Å². The normalized spacial score (nSPS) is 14.6. The van der Waals surface area contributed by atoms with E-state index in [1.54, 1.807) is 41.3 Å². The van der Waals surface area contributed by atoms with Crippen LogP contribution in [0, 0.1) is 0 Å². The number of rotatable bonds is 12. The summed E-state index contributed by atoms with van der Waals surface area (Å²) < 4.78 is 27.2. The lowest BCUT2D eigenvalue weighted by Crippen LogP contribution is -2.43. The van der Waals surface area contributed by atoms with E-state index < -0.39 is 16.1 Å². The predicted molar refractivity (Wildman–Crippen MR) is 157 cm³/mol. The molecule has 1 fully saturated rings. The van der Waals surface area contributed by atoms with E-state index in [4.69, 9.17) is 11.6 Å². The maximum Gasteiger partial charge on any atom is 0.247 e. The molecule has 7 nitrogen and oxygen atoms in total. The predicted octanol–water partition coefficient (Wildman–Crippen LogP) is 5.35. The molecule has 2 amide bonds. The number of nitrogens with zero attached hydrogens (tertiary/aromatic N) is 2. The molecule has 3 aromatic carbocycles. The molecule has 1 aliphatic heterocycles. The largest absolute Gasteiger partial charge is 0.354 e. The maximum atomic E-state index is 13.8. The fourth-order valence-corrected chi connectivity index (χ4v) is 6.51. The molecule has 1 unspecified atom stereocenters. The van der Waals surface area contributed by atoms with Crippen LogP contribution in [0.3, 0.4) is 0 Å². The molecule has 0 spiro atoms. The second kappa shape index (κ2) is 13.9. The van der Waals surface area contributed by atoms with Gasteiger partial charge in [-0.15, -0.1) is 0 Å². The number of carbonyl (C=O) groups excluding carboxylic acids is 2. The summed E-state index contributed by atoms with van der Waals surface area (Å²) in [6.07, 6.45) is 3.12. The molecule has 1 atom stereocenters. The van der Waals surface area contributed by atoms with Crippen molar-refractivity contribution >= 4 is 33.4 Å². The third kappa shape index (κ3) is 7.50. The van der Waals surface area contributed by atoms with E-state index in [0.29, 0.717) is 31.1 Å². The molecule has 4 rings (SSSR count). The van der Waals surface area contributed by atoms with Gasteiger partial charge < -0.3 is 10.2 Å². The smallest absolute Gasteiger partial charge is 0.247 e. The van der Waals surface area contributed by atoms with E-state index in [-0.39, 0.29) is 29.7 Å². The summed E-state index contributed by atoms with van der Waals surface area (Å²) in [7, 11) is -3.49. The van der Waals surface area contributed by atoms with Crippen LogP contribution in [0.1, 0.15) is 55.3 Å². The third-order valence-electron chi connectivity index (χ3n) is 7.06. The minimum absolute atomic E-state index is 0.163. The Hall–Kier alpha value is -3.20. The summed E-state index contributed by atoms with van der Waals surface area (Å²) in [4.78, 5) is 29.1. The van der Waals surface area contributed by atoms with Crippen LogP contribution in [0.5, 0.6) is 0 Å². The first-order chi connectivity index (χ1) is 19.3. The summed E-state index contributed by atoms with van der Waals surface area (Å²) in [5.74, 6) is -0.406. The molecule has 1 N–H and O–H groups in total.